The van der Waals surface area contributed by atoms with Crippen LogP contribution in [0.1, 0.15) is 25.8 Å². The smallest absolute Gasteiger partial charge is 0.146 e. The minimum absolute atomic E-state index is 0.134. The molecule has 19 heavy (non-hydrogen) atoms. The third kappa shape index (κ3) is 3.91. The van der Waals surface area contributed by atoms with Crippen LogP contribution in [-0.4, -0.2) is 32.3 Å². The van der Waals surface area contributed by atoms with Crippen LogP contribution in [0.4, 0.5) is 10.1 Å². The van der Waals surface area contributed by atoms with E-state index in [1.54, 1.807) is 12.1 Å². The predicted octanol–water partition coefficient (Wildman–Crippen LogP) is 2.55. The molecule has 1 aromatic carbocycles. The lowest BCUT2D eigenvalue weighted by Gasteiger charge is -2.26. The molecular weight excluding hydrogens is 243 g/mol. The Morgan fingerprint density at radius 3 is 2.95 bits per heavy atom. The molecule has 0 amide bonds. The second-order valence-electron chi connectivity index (χ2n) is 5.24. The number of rotatable bonds is 4. The number of halogens is 1. The van der Waals surface area contributed by atoms with Crippen LogP contribution < -0.4 is 10.2 Å². The van der Waals surface area contributed by atoms with Crippen molar-refractivity contribution in [2.45, 2.75) is 32.9 Å². The van der Waals surface area contributed by atoms with Crippen molar-refractivity contribution in [3.05, 3.63) is 29.6 Å². The van der Waals surface area contributed by atoms with Gasteiger partial charge in [-0.3, -0.25) is 0 Å². The van der Waals surface area contributed by atoms with E-state index in [1.807, 2.05) is 6.07 Å². The van der Waals surface area contributed by atoms with Gasteiger partial charge in [0.05, 0.1) is 12.3 Å². The van der Waals surface area contributed by atoms with Crippen molar-refractivity contribution in [1.29, 1.82) is 0 Å². The lowest BCUT2D eigenvalue weighted by atomic mass is 10.1. The quantitative estimate of drug-likeness (QED) is 0.906. The van der Waals surface area contributed by atoms with Gasteiger partial charge < -0.3 is 15.0 Å². The number of nitrogens with zero attached hydrogens (tertiary/aromatic N) is 1. The summed E-state index contributed by atoms with van der Waals surface area (Å²) in [5, 5.41) is 3.36. The first kappa shape index (κ1) is 14.3. The fourth-order valence-electron chi connectivity index (χ4n) is 2.34. The van der Waals surface area contributed by atoms with Crippen LogP contribution in [0.2, 0.25) is 0 Å². The Morgan fingerprint density at radius 1 is 1.32 bits per heavy atom. The third-order valence-corrected chi connectivity index (χ3v) is 3.31. The highest BCUT2D eigenvalue weighted by molar-refractivity contribution is 5.55. The topological polar surface area (TPSA) is 24.5 Å². The van der Waals surface area contributed by atoms with Crippen molar-refractivity contribution in [1.82, 2.24) is 5.32 Å². The molecule has 106 valence electrons. The van der Waals surface area contributed by atoms with Crippen molar-refractivity contribution >= 4 is 5.69 Å². The summed E-state index contributed by atoms with van der Waals surface area (Å²) < 4.78 is 19.6. The average Bonchev–Trinajstić information content (AvgIpc) is 2.65. The monoisotopic (exact) mass is 266 g/mol. The zero-order valence-electron chi connectivity index (χ0n) is 11.8. The Labute approximate surface area is 114 Å². The standard InChI is InChI=1S/C15H23FN2O/c1-12(2)17-11-13-5-3-6-14(16)15(13)18-7-4-9-19-10-8-18/h3,5-6,12,17H,4,7-11H2,1-2H3. The van der Waals surface area contributed by atoms with Crippen molar-refractivity contribution in [3.8, 4) is 0 Å². The SMILES string of the molecule is CC(C)NCc1cccc(F)c1N1CCCOCC1. The highest BCUT2D eigenvalue weighted by atomic mass is 19.1. The number of benzene rings is 1. The van der Waals surface area contributed by atoms with E-state index in [-0.39, 0.29) is 5.82 Å². The summed E-state index contributed by atoms with van der Waals surface area (Å²) in [4.78, 5) is 2.11. The van der Waals surface area contributed by atoms with E-state index in [1.165, 1.54) is 0 Å². The summed E-state index contributed by atoms with van der Waals surface area (Å²) in [5.41, 5.74) is 1.76. The molecule has 3 nitrogen and oxygen atoms in total. The first-order valence-electron chi connectivity index (χ1n) is 7.02. The number of hydrogen-bond donors (Lipinski definition) is 1. The highest BCUT2D eigenvalue weighted by Gasteiger charge is 2.17. The first-order chi connectivity index (χ1) is 9.18. The van der Waals surface area contributed by atoms with Gasteiger partial charge in [-0.1, -0.05) is 26.0 Å². The minimum Gasteiger partial charge on any atom is -0.380 e. The van der Waals surface area contributed by atoms with Gasteiger partial charge >= 0.3 is 0 Å². The molecule has 0 aliphatic carbocycles. The number of anilines is 1. The lowest BCUT2D eigenvalue weighted by Crippen LogP contribution is -2.30. The van der Waals surface area contributed by atoms with Gasteiger partial charge in [-0.05, 0) is 18.1 Å². The van der Waals surface area contributed by atoms with Gasteiger partial charge in [-0.15, -0.1) is 0 Å². The molecule has 4 heteroatoms. The van der Waals surface area contributed by atoms with E-state index in [0.29, 0.717) is 19.2 Å². The molecule has 1 heterocycles. The normalized spacial score (nSPS) is 16.7. The van der Waals surface area contributed by atoms with Crippen molar-refractivity contribution in [2.75, 3.05) is 31.2 Å². The highest BCUT2D eigenvalue weighted by Crippen LogP contribution is 2.25. The molecule has 1 aliphatic rings. The second-order valence-corrected chi connectivity index (χ2v) is 5.24. The fraction of sp³-hybridized carbons (Fsp3) is 0.600. The molecule has 0 atom stereocenters. The van der Waals surface area contributed by atoms with E-state index >= 15 is 0 Å². The van der Waals surface area contributed by atoms with Crippen LogP contribution in [-0.2, 0) is 11.3 Å². The summed E-state index contributed by atoms with van der Waals surface area (Å²) in [6, 6.07) is 5.72. The molecule has 0 aromatic heterocycles. The number of nitrogens with one attached hydrogen (secondary N) is 1. The Bertz CT molecular complexity index is 401. The van der Waals surface area contributed by atoms with Crippen LogP contribution >= 0.6 is 0 Å². The van der Waals surface area contributed by atoms with Gasteiger partial charge in [0.1, 0.15) is 5.82 Å². The Kier molecular flexibility index (Phi) is 5.16. The van der Waals surface area contributed by atoms with Crippen LogP contribution in [0.5, 0.6) is 0 Å². The molecule has 1 aromatic rings. The minimum atomic E-state index is -0.134. The van der Waals surface area contributed by atoms with Crippen LogP contribution in [0, 0.1) is 5.82 Å². The lowest BCUT2D eigenvalue weighted by molar-refractivity contribution is 0.152. The number of hydrogen-bond acceptors (Lipinski definition) is 3. The van der Waals surface area contributed by atoms with Crippen molar-refractivity contribution < 1.29 is 9.13 Å². The first-order valence-corrected chi connectivity index (χ1v) is 7.02. The van der Waals surface area contributed by atoms with E-state index < -0.39 is 0 Å². The third-order valence-electron chi connectivity index (χ3n) is 3.31. The number of para-hydroxylation sites is 1. The van der Waals surface area contributed by atoms with E-state index in [0.717, 1.165) is 37.4 Å². The maximum Gasteiger partial charge on any atom is 0.146 e. The number of ether oxygens (including phenoxy) is 1. The summed E-state index contributed by atoms with van der Waals surface area (Å²) in [6.45, 7) is 7.95. The molecule has 1 fully saturated rings. The molecule has 2 rings (SSSR count). The zero-order valence-corrected chi connectivity index (χ0v) is 11.8. The molecular formula is C15H23FN2O. The molecule has 0 saturated carbocycles. The Balaban J connectivity index is 2.20. The van der Waals surface area contributed by atoms with E-state index in [2.05, 4.69) is 24.1 Å². The molecule has 1 saturated heterocycles. The summed E-state index contributed by atoms with van der Waals surface area (Å²) in [6.07, 6.45) is 0.950. The summed E-state index contributed by atoms with van der Waals surface area (Å²) in [5.74, 6) is -0.134. The van der Waals surface area contributed by atoms with E-state index in [4.69, 9.17) is 4.74 Å². The maximum absolute atomic E-state index is 14.2. The second kappa shape index (κ2) is 6.87. The molecule has 0 unspecified atom stereocenters. The summed E-state index contributed by atoms with van der Waals surface area (Å²) >= 11 is 0. The average molecular weight is 266 g/mol. The molecule has 0 bridgehead atoms. The summed E-state index contributed by atoms with van der Waals surface area (Å²) in [7, 11) is 0. The van der Waals surface area contributed by atoms with Gasteiger partial charge in [0.2, 0.25) is 0 Å². The molecule has 1 aliphatic heterocycles. The Hall–Kier alpha value is -1.13. The van der Waals surface area contributed by atoms with Crippen LogP contribution in [0.15, 0.2) is 18.2 Å². The van der Waals surface area contributed by atoms with Gasteiger partial charge in [-0.2, -0.15) is 0 Å². The van der Waals surface area contributed by atoms with Gasteiger partial charge in [0.25, 0.3) is 0 Å². The van der Waals surface area contributed by atoms with Gasteiger partial charge in [0, 0.05) is 32.3 Å². The predicted molar refractivity (Wildman–Crippen MR) is 76.0 cm³/mol. The van der Waals surface area contributed by atoms with Crippen molar-refractivity contribution in [2.24, 2.45) is 0 Å². The fourth-order valence-corrected chi connectivity index (χ4v) is 2.34. The van der Waals surface area contributed by atoms with E-state index in [9.17, 15) is 4.39 Å². The molecule has 0 spiro atoms. The van der Waals surface area contributed by atoms with Crippen molar-refractivity contribution in [3.63, 3.8) is 0 Å². The molecule has 0 radical (unpaired) electrons. The largest absolute Gasteiger partial charge is 0.380 e. The zero-order chi connectivity index (χ0) is 13.7. The Morgan fingerprint density at radius 2 is 2.16 bits per heavy atom. The van der Waals surface area contributed by atoms with Gasteiger partial charge in [-0.25, -0.2) is 4.39 Å². The van der Waals surface area contributed by atoms with Crippen LogP contribution in [0.25, 0.3) is 0 Å². The van der Waals surface area contributed by atoms with Crippen LogP contribution in [0.3, 0.4) is 0 Å². The molecule has 1 N–H and O–H groups in total. The maximum atomic E-state index is 14.2. The van der Waals surface area contributed by atoms with Gasteiger partial charge in [0.15, 0.2) is 0 Å².